The predicted molar refractivity (Wildman–Crippen MR) is 82.5 cm³/mol. The van der Waals surface area contributed by atoms with Gasteiger partial charge >= 0.3 is 0 Å². The Morgan fingerprint density at radius 1 is 1.24 bits per heavy atom. The molecule has 0 radical (unpaired) electrons. The summed E-state index contributed by atoms with van der Waals surface area (Å²) in [7, 11) is -3.48. The molecule has 2 rings (SSSR count). The van der Waals surface area contributed by atoms with E-state index in [1.165, 1.54) is 0 Å². The van der Waals surface area contributed by atoms with Gasteiger partial charge in [-0.3, -0.25) is 4.79 Å². The van der Waals surface area contributed by atoms with Gasteiger partial charge in [-0.1, -0.05) is 23.7 Å². The highest BCUT2D eigenvalue weighted by Gasteiger charge is 2.28. The third-order valence-electron chi connectivity index (χ3n) is 3.80. The minimum Gasteiger partial charge on any atom is -0.343 e. The number of nitrogens with zero attached hydrogens (tertiary/aromatic N) is 1. The Balaban J connectivity index is 1.81. The minimum absolute atomic E-state index is 0.0535. The van der Waals surface area contributed by atoms with Crippen molar-refractivity contribution in [2.75, 3.05) is 13.1 Å². The van der Waals surface area contributed by atoms with Crippen LogP contribution in [0.2, 0.25) is 5.02 Å². The van der Waals surface area contributed by atoms with E-state index in [1.54, 1.807) is 17.0 Å². The molecule has 1 aromatic rings. The number of carbonyl (C=O) groups excluding carboxylic acids is 1. The van der Waals surface area contributed by atoms with Crippen molar-refractivity contribution >= 4 is 27.5 Å². The summed E-state index contributed by atoms with van der Waals surface area (Å²) < 4.78 is 22.5. The number of aryl methyl sites for hydroxylation is 1. The third-order valence-corrected chi connectivity index (χ3v) is 5.45. The number of nitrogens with two attached hydrogens (primary N) is 1. The maximum atomic E-state index is 12.1. The van der Waals surface area contributed by atoms with Crippen molar-refractivity contribution in [2.45, 2.75) is 30.9 Å². The number of halogens is 1. The summed E-state index contributed by atoms with van der Waals surface area (Å²) in [5, 5.41) is 5.30. The molecule has 0 saturated carbocycles. The lowest BCUT2D eigenvalue weighted by Crippen LogP contribution is -2.44. The Hall–Kier alpha value is -1.11. The lowest BCUT2D eigenvalue weighted by molar-refractivity contribution is -0.132. The fourth-order valence-electron chi connectivity index (χ4n) is 2.49. The number of carbonyl (C=O) groups is 1. The van der Waals surface area contributed by atoms with Gasteiger partial charge in [0.05, 0.1) is 5.25 Å². The zero-order valence-corrected chi connectivity index (χ0v) is 13.2. The largest absolute Gasteiger partial charge is 0.343 e. The second-order valence-corrected chi connectivity index (χ2v) is 7.58. The summed E-state index contributed by atoms with van der Waals surface area (Å²) in [6, 6.07) is 7.42. The highest BCUT2D eigenvalue weighted by atomic mass is 35.5. The van der Waals surface area contributed by atoms with E-state index >= 15 is 0 Å². The van der Waals surface area contributed by atoms with Crippen molar-refractivity contribution in [3.8, 4) is 0 Å². The van der Waals surface area contributed by atoms with Gasteiger partial charge in [0.25, 0.3) is 0 Å². The number of amides is 1. The Kier molecular flexibility index (Phi) is 5.24. The molecule has 1 amide bonds. The Labute approximate surface area is 130 Å². The van der Waals surface area contributed by atoms with E-state index < -0.39 is 15.3 Å². The van der Waals surface area contributed by atoms with Crippen LogP contribution in [0.15, 0.2) is 24.3 Å². The van der Waals surface area contributed by atoms with Crippen molar-refractivity contribution in [2.24, 2.45) is 5.14 Å². The molecule has 1 fully saturated rings. The average Bonchev–Trinajstić information content (AvgIpc) is 2.45. The summed E-state index contributed by atoms with van der Waals surface area (Å²) in [5.74, 6) is 0.0535. The summed E-state index contributed by atoms with van der Waals surface area (Å²) in [5.41, 5.74) is 1.06. The SMILES string of the molecule is NS(=O)(=O)C1CCN(C(=O)CCc2ccc(Cl)cc2)CC1. The number of likely N-dealkylation sites (tertiary alicyclic amines) is 1. The minimum atomic E-state index is -3.48. The van der Waals surface area contributed by atoms with Crippen molar-refractivity contribution in [1.82, 2.24) is 4.90 Å². The molecule has 0 spiro atoms. The van der Waals surface area contributed by atoms with E-state index in [4.69, 9.17) is 16.7 Å². The number of hydrogen-bond donors (Lipinski definition) is 1. The first-order chi connectivity index (χ1) is 9.86. The van der Waals surface area contributed by atoms with Gasteiger partial charge in [0.15, 0.2) is 0 Å². The van der Waals surface area contributed by atoms with Crippen LogP contribution in [0.25, 0.3) is 0 Å². The fraction of sp³-hybridized carbons (Fsp3) is 0.500. The maximum absolute atomic E-state index is 12.1. The van der Waals surface area contributed by atoms with E-state index in [0.717, 1.165) is 5.56 Å². The lowest BCUT2D eigenvalue weighted by atomic mass is 10.1. The van der Waals surface area contributed by atoms with E-state index in [-0.39, 0.29) is 5.91 Å². The van der Waals surface area contributed by atoms with Gasteiger partial charge < -0.3 is 4.90 Å². The zero-order chi connectivity index (χ0) is 15.5. The fourth-order valence-corrected chi connectivity index (χ4v) is 3.49. The summed E-state index contributed by atoms with van der Waals surface area (Å²) in [6.07, 6.45) is 1.92. The average molecular weight is 331 g/mol. The van der Waals surface area contributed by atoms with E-state index in [9.17, 15) is 13.2 Å². The Morgan fingerprint density at radius 3 is 2.33 bits per heavy atom. The zero-order valence-electron chi connectivity index (χ0n) is 11.7. The highest BCUT2D eigenvalue weighted by Crippen LogP contribution is 2.17. The number of benzene rings is 1. The molecule has 0 atom stereocenters. The molecule has 1 aliphatic heterocycles. The number of primary sulfonamides is 1. The molecule has 0 aliphatic carbocycles. The van der Waals surface area contributed by atoms with Crippen LogP contribution in [0.4, 0.5) is 0 Å². The third kappa shape index (κ3) is 4.69. The van der Waals surface area contributed by atoms with E-state index in [1.807, 2.05) is 12.1 Å². The van der Waals surface area contributed by atoms with Crippen LogP contribution in [-0.4, -0.2) is 37.6 Å². The maximum Gasteiger partial charge on any atom is 0.222 e. The molecule has 116 valence electrons. The molecule has 2 N–H and O–H groups in total. The first-order valence-electron chi connectivity index (χ1n) is 6.90. The summed E-state index contributed by atoms with van der Waals surface area (Å²) in [4.78, 5) is 13.8. The summed E-state index contributed by atoms with van der Waals surface area (Å²) >= 11 is 5.81. The van der Waals surface area contributed by atoms with Gasteiger partial charge in [0, 0.05) is 24.5 Å². The molecule has 7 heteroatoms. The van der Waals surface area contributed by atoms with Gasteiger partial charge in [-0.2, -0.15) is 0 Å². The van der Waals surface area contributed by atoms with Crippen molar-refractivity contribution in [3.63, 3.8) is 0 Å². The van der Waals surface area contributed by atoms with Crippen LogP contribution in [0.3, 0.4) is 0 Å². The number of piperidine rings is 1. The smallest absolute Gasteiger partial charge is 0.222 e. The van der Waals surface area contributed by atoms with E-state index in [2.05, 4.69) is 0 Å². The van der Waals surface area contributed by atoms with E-state index in [0.29, 0.717) is 43.8 Å². The van der Waals surface area contributed by atoms with Crippen LogP contribution >= 0.6 is 11.6 Å². The molecule has 1 aliphatic rings. The van der Waals surface area contributed by atoms with Crippen molar-refractivity contribution in [3.05, 3.63) is 34.9 Å². The molecule has 1 heterocycles. The van der Waals surface area contributed by atoms with Gasteiger partial charge in [-0.05, 0) is 37.0 Å². The van der Waals surface area contributed by atoms with Crippen LogP contribution in [0, 0.1) is 0 Å². The van der Waals surface area contributed by atoms with Gasteiger partial charge in [0.1, 0.15) is 0 Å². The first-order valence-corrected chi connectivity index (χ1v) is 8.89. The molecule has 21 heavy (non-hydrogen) atoms. The normalized spacial score (nSPS) is 17.0. The second-order valence-electron chi connectivity index (χ2n) is 5.30. The molecule has 5 nitrogen and oxygen atoms in total. The second kappa shape index (κ2) is 6.77. The molecular weight excluding hydrogens is 312 g/mol. The highest BCUT2D eigenvalue weighted by molar-refractivity contribution is 7.89. The van der Waals surface area contributed by atoms with Crippen LogP contribution in [0.5, 0.6) is 0 Å². The standard InChI is InChI=1S/C14H19ClN2O3S/c15-12-4-1-11(2-5-12)3-6-14(18)17-9-7-13(8-10-17)21(16,19)20/h1-2,4-5,13H,3,6-10H2,(H2,16,19,20). The topological polar surface area (TPSA) is 80.5 Å². The van der Waals surface area contributed by atoms with Gasteiger partial charge in [0.2, 0.25) is 15.9 Å². The lowest BCUT2D eigenvalue weighted by Gasteiger charge is -2.31. The number of sulfonamides is 1. The van der Waals surface area contributed by atoms with Crippen LogP contribution < -0.4 is 5.14 Å². The molecule has 0 unspecified atom stereocenters. The Morgan fingerprint density at radius 2 is 1.81 bits per heavy atom. The van der Waals surface area contributed by atoms with Crippen LogP contribution in [0.1, 0.15) is 24.8 Å². The molecular formula is C14H19ClN2O3S. The first kappa shape index (κ1) is 16.3. The predicted octanol–water partition coefficient (Wildman–Crippen LogP) is 1.55. The Bertz CT molecular complexity index is 593. The molecule has 0 bridgehead atoms. The summed E-state index contributed by atoms with van der Waals surface area (Å²) in [6.45, 7) is 0.918. The van der Waals surface area contributed by atoms with Gasteiger partial charge in [-0.25, -0.2) is 13.6 Å². The number of hydrogen-bond acceptors (Lipinski definition) is 3. The van der Waals surface area contributed by atoms with Crippen molar-refractivity contribution < 1.29 is 13.2 Å². The number of rotatable bonds is 4. The monoisotopic (exact) mass is 330 g/mol. The quantitative estimate of drug-likeness (QED) is 0.909. The van der Waals surface area contributed by atoms with Crippen LogP contribution in [-0.2, 0) is 21.2 Å². The molecule has 0 aromatic heterocycles. The molecule has 1 saturated heterocycles. The molecule has 1 aromatic carbocycles. The van der Waals surface area contributed by atoms with Gasteiger partial charge in [-0.15, -0.1) is 0 Å². The van der Waals surface area contributed by atoms with Crippen molar-refractivity contribution in [1.29, 1.82) is 0 Å².